The van der Waals surface area contributed by atoms with Crippen LogP contribution in [0.1, 0.15) is 33.6 Å². The molecule has 1 rings (SSSR count). The SMILES string of the molecule is C=C(N)C1(O)CC(NC(=O)OC(C)(C)C)C1. The molecule has 0 bridgehead atoms. The number of aliphatic hydroxyl groups is 1. The summed E-state index contributed by atoms with van der Waals surface area (Å²) in [6.07, 6.45) is 0.311. The number of nitrogens with two attached hydrogens (primary N) is 1. The van der Waals surface area contributed by atoms with Gasteiger partial charge in [0.2, 0.25) is 0 Å². The number of carbonyl (C=O) groups excluding carboxylic acids is 1. The first-order valence-corrected chi connectivity index (χ1v) is 5.29. The van der Waals surface area contributed by atoms with Crippen LogP contribution in [0.3, 0.4) is 0 Å². The number of nitrogens with one attached hydrogen (secondary N) is 1. The van der Waals surface area contributed by atoms with Crippen LogP contribution in [0.5, 0.6) is 0 Å². The summed E-state index contributed by atoms with van der Waals surface area (Å²) >= 11 is 0. The van der Waals surface area contributed by atoms with Crippen molar-refractivity contribution in [3.63, 3.8) is 0 Å². The number of ether oxygens (including phenoxy) is 1. The molecular formula is C11H20N2O3. The molecule has 0 aliphatic heterocycles. The summed E-state index contributed by atoms with van der Waals surface area (Å²) in [5.74, 6) is 0. The number of carbonyl (C=O) groups is 1. The fourth-order valence-corrected chi connectivity index (χ4v) is 1.59. The summed E-state index contributed by atoms with van der Waals surface area (Å²) in [6, 6.07) is -0.0971. The van der Waals surface area contributed by atoms with Gasteiger partial charge in [-0.1, -0.05) is 6.58 Å². The lowest BCUT2D eigenvalue weighted by Crippen LogP contribution is -2.57. The van der Waals surface area contributed by atoms with E-state index in [0.29, 0.717) is 12.8 Å². The van der Waals surface area contributed by atoms with Crippen molar-refractivity contribution < 1.29 is 14.6 Å². The Morgan fingerprint density at radius 1 is 1.56 bits per heavy atom. The van der Waals surface area contributed by atoms with E-state index >= 15 is 0 Å². The number of alkyl carbamates (subject to hydrolysis) is 1. The lowest BCUT2D eigenvalue weighted by Gasteiger charge is -2.43. The zero-order valence-corrected chi connectivity index (χ0v) is 10.0. The van der Waals surface area contributed by atoms with Gasteiger partial charge in [-0.05, 0) is 20.8 Å². The van der Waals surface area contributed by atoms with Gasteiger partial charge in [-0.25, -0.2) is 4.79 Å². The third-order valence-corrected chi connectivity index (χ3v) is 2.49. The first-order valence-electron chi connectivity index (χ1n) is 5.29. The van der Waals surface area contributed by atoms with E-state index in [1.807, 2.05) is 0 Å². The average Bonchev–Trinajstić information content (AvgIpc) is 1.96. The van der Waals surface area contributed by atoms with Crippen LogP contribution in [0.2, 0.25) is 0 Å². The highest BCUT2D eigenvalue weighted by Crippen LogP contribution is 2.35. The van der Waals surface area contributed by atoms with Gasteiger partial charge in [-0.15, -0.1) is 0 Å². The van der Waals surface area contributed by atoms with Crippen molar-refractivity contribution in [2.24, 2.45) is 5.73 Å². The maximum Gasteiger partial charge on any atom is 0.407 e. The lowest BCUT2D eigenvalue weighted by atomic mass is 9.74. The third kappa shape index (κ3) is 3.13. The van der Waals surface area contributed by atoms with Gasteiger partial charge in [0.1, 0.15) is 11.2 Å². The van der Waals surface area contributed by atoms with Gasteiger partial charge in [0, 0.05) is 24.6 Å². The van der Waals surface area contributed by atoms with E-state index in [4.69, 9.17) is 10.5 Å². The van der Waals surface area contributed by atoms with Crippen LogP contribution in [0.15, 0.2) is 12.3 Å². The van der Waals surface area contributed by atoms with Gasteiger partial charge in [-0.3, -0.25) is 0 Å². The first-order chi connectivity index (χ1) is 7.12. The molecule has 5 nitrogen and oxygen atoms in total. The van der Waals surface area contributed by atoms with Gasteiger partial charge in [0.25, 0.3) is 0 Å². The second-order valence-electron chi connectivity index (χ2n) is 5.31. The van der Waals surface area contributed by atoms with Crippen LogP contribution < -0.4 is 11.1 Å². The Balaban J connectivity index is 2.33. The van der Waals surface area contributed by atoms with E-state index in [1.54, 1.807) is 20.8 Å². The van der Waals surface area contributed by atoms with Crippen LogP contribution in [-0.2, 0) is 4.74 Å². The largest absolute Gasteiger partial charge is 0.444 e. The topological polar surface area (TPSA) is 84.6 Å². The zero-order chi connectivity index (χ0) is 12.6. The van der Waals surface area contributed by atoms with Crippen molar-refractivity contribution in [2.45, 2.75) is 50.9 Å². The summed E-state index contributed by atoms with van der Waals surface area (Å²) in [5.41, 5.74) is 4.14. The van der Waals surface area contributed by atoms with E-state index in [1.165, 1.54) is 0 Å². The van der Waals surface area contributed by atoms with Crippen molar-refractivity contribution in [3.8, 4) is 0 Å². The molecule has 0 heterocycles. The highest BCUT2D eigenvalue weighted by molar-refractivity contribution is 5.68. The van der Waals surface area contributed by atoms with E-state index in [-0.39, 0.29) is 11.7 Å². The van der Waals surface area contributed by atoms with Crippen LogP contribution in [0.4, 0.5) is 4.79 Å². The second-order valence-corrected chi connectivity index (χ2v) is 5.31. The Kier molecular flexibility index (Phi) is 3.19. The zero-order valence-electron chi connectivity index (χ0n) is 10.0. The van der Waals surface area contributed by atoms with E-state index in [2.05, 4.69) is 11.9 Å². The van der Waals surface area contributed by atoms with Crippen molar-refractivity contribution in [1.82, 2.24) is 5.32 Å². The highest BCUT2D eigenvalue weighted by Gasteiger charge is 2.45. The molecule has 0 spiro atoms. The first kappa shape index (κ1) is 12.8. The highest BCUT2D eigenvalue weighted by atomic mass is 16.6. The quantitative estimate of drug-likeness (QED) is 0.655. The minimum atomic E-state index is -1.03. The monoisotopic (exact) mass is 228 g/mol. The van der Waals surface area contributed by atoms with E-state index < -0.39 is 17.3 Å². The van der Waals surface area contributed by atoms with Gasteiger partial charge < -0.3 is 20.9 Å². The predicted molar refractivity (Wildman–Crippen MR) is 60.7 cm³/mol. The summed E-state index contributed by atoms with van der Waals surface area (Å²) in [4.78, 5) is 11.4. The van der Waals surface area contributed by atoms with Gasteiger partial charge in [0.05, 0.1) is 0 Å². The molecule has 1 amide bonds. The Morgan fingerprint density at radius 2 is 2.06 bits per heavy atom. The molecule has 0 radical (unpaired) electrons. The van der Waals surface area contributed by atoms with Crippen LogP contribution >= 0.6 is 0 Å². The molecule has 92 valence electrons. The maximum absolute atomic E-state index is 11.4. The fraction of sp³-hybridized carbons (Fsp3) is 0.727. The number of amides is 1. The number of hydrogen-bond acceptors (Lipinski definition) is 4. The van der Waals surface area contributed by atoms with E-state index in [0.717, 1.165) is 0 Å². The minimum Gasteiger partial charge on any atom is -0.444 e. The molecule has 1 aliphatic carbocycles. The standard InChI is InChI=1S/C11H20N2O3/c1-7(12)11(15)5-8(6-11)13-9(14)16-10(2,3)4/h8,15H,1,5-6,12H2,2-4H3,(H,13,14). The number of rotatable bonds is 2. The smallest absolute Gasteiger partial charge is 0.407 e. The van der Waals surface area contributed by atoms with Crippen LogP contribution in [0, 0.1) is 0 Å². The lowest BCUT2D eigenvalue weighted by molar-refractivity contribution is -0.0270. The third-order valence-electron chi connectivity index (χ3n) is 2.49. The Bertz CT molecular complexity index is 301. The van der Waals surface area contributed by atoms with Gasteiger partial charge in [-0.2, -0.15) is 0 Å². The number of hydrogen-bond donors (Lipinski definition) is 3. The summed E-state index contributed by atoms with van der Waals surface area (Å²) in [7, 11) is 0. The van der Waals surface area contributed by atoms with Crippen molar-refractivity contribution in [2.75, 3.05) is 0 Å². The molecular weight excluding hydrogens is 208 g/mol. The van der Waals surface area contributed by atoms with Crippen molar-refractivity contribution in [3.05, 3.63) is 12.3 Å². The predicted octanol–water partition coefficient (Wildman–Crippen LogP) is 0.877. The summed E-state index contributed by atoms with van der Waals surface area (Å²) in [5, 5.41) is 12.5. The summed E-state index contributed by atoms with van der Waals surface area (Å²) in [6.45, 7) is 8.90. The molecule has 0 saturated heterocycles. The van der Waals surface area contributed by atoms with Crippen LogP contribution in [-0.4, -0.2) is 28.4 Å². The normalized spacial score (nSPS) is 29.1. The van der Waals surface area contributed by atoms with E-state index in [9.17, 15) is 9.90 Å². The van der Waals surface area contributed by atoms with Crippen LogP contribution in [0.25, 0.3) is 0 Å². The molecule has 1 saturated carbocycles. The fourth-order valence-electron chi connectivity index (χ4n) is 1.59. The molecule has 1 fully saturated rings. The van der Waals surface area contributed by atoms with Gasteiger partial charge in [0.15, 0.2) is 0 Å². The molecule has 5 heteroatoms. The second kappa shape index (κ2) is 3.97. The molecule has 0 atom stereocenters. The molecule has 0 unspecified atom stereocenters. The minimum absolute atomic E-state index is 0.0971. The van der Waals surface area contributed by atoms with Crippen molar-refractivity contribution >= 4 is 6.09 Å². The average molecular weight is 228 g/mol. The Morgan fingerprint density at radius 3 is 2.44 bits per heavy atom. The summed E-state index contributed by atoms with van der Waals surface area (Å²) < 4.78 is 5.09. The molecule has 4 N–H and O–H groups in total. The maximum atomic E-state index is 11.4. The van der Waals surface area contributed by atoms with Gasteiger partial charge >= 0.3 is 6.09 Å². The molecule has 0 aromatic rings. The molecule has 0 aromatic carbocycles. The molecule has 1 aliphatic rings. The molecule has 0 aromatic heterocycles. The van der Waals surface area contributed by atoms with Crippen molar-refractivity contribution in [1.29, 1.82) is 0 Å². The Hall–Kier alpha value is -1.23. The Labute approximate surface area is 95.7 Å². The molecule has 16 heavy (non-hydrogen) atoms.